The van der Waals surface area contributed by atoms with Gasteiger partial charge in [0.15, 0.2) is 0 Å². The van der Waals surface area contributed by atoms with E-state index in [0.29, 0.717) is 0 Å². The average Bonchev–Trinajstić information content (AvgIpc) is 2.84. The summed E-state index contributed by atoms with van der Waals surface area (Å²) in [6.07, 6.45) is -4.51. The summed E-state index contributed by atoms with van der Waals surface area (Å²) in [6.45, 7) is 1.79. The van der Waals surface area contributed by atoms with Crippen molar-refractivity contribution in [1.29, 1.82) is 5.26 Å². The summed E-state index contributed by atoms with van der Waals surface area (Å²) in [7, 11) is 0. The number of nitrogens with one attached hydrogen (secondary N) is 1. The molecule has 21 heavy (non-hydrogen) atoms. The summed E-state index contributed by atoms with van der Waals surface area (Å²) in [6, 6.07) is 6.81. The molecule has 1 aromatic carbocycles. The van der Waals surface area contributed by atoms with Crippen molar-refractivity contribution in [3.63, 3.8) is 0 Å². The van der Waals surface area contributed by atoms with E-state index in [4.69, 9.17) is 5.26 Å². The number of thiophene rings is 1. The summed E-state index contributed by atoms with van der Waals surface area (Å²) >= 11 is 4.82. The molecule has 7 heteroatoms. The van der Waals surface area contributed by atoms with Crippen LogP contribution >= 0.6 is 27.3 Å². The molecule has 110 valence electrons. The number of rotatable bonds is 3. The van der Waals surface area contributed by atoms with Gasteiger partial charge in [-0.3, -0.25) is 0 Å². The third-order valence-corrected chi connectivity index (χ3v) is 4.92. The molecule has 0 radical (unpaired) electrons. The molecule has 2 nitrogen and oxygen atoms in total. The second-order valence-corrected chi connectivity index (χ2v) is 6.17. The van der Waals surface area contributed by atoms with Crippen molar-refractivity contribution in [2.75, 3.05) is 5.32 Å². The zero-order valence-electron chi connectivity index (χ0n) is 10.8. The molecule has 0 aliphatic carbocycles. The maximum Gasteiger partial charge on any atom is 0.418 e. The summed E-state index contributed by atoms with van der Waals surface area (Å²) in [4.78, 5) is 0.910. The minimum absolute atomic E-state index is 0.0159. The summed E-state index contributed by atoms with van der Waals surface area (Å²) in [5.74, 6) is 0. The van der Waals surface area contributed by atoms with Crippen molar-refractivity contribution in [3.8, 4) is 6.07 Å². The molecule has 0 aliphatic rings. The molecule has 2 rings (SSSR count). The van der Waals surface area contributed by atoms with Crippen LogP contribution < -0.4 is 5.32 Å². The van der Waals surface area contributed by atoms with Crippen molar-refractivity contribution in [2.24, 2.45) is 0 Å². The van der Waals surface area contributed by atoms with E-state index in [1.54, 1.807) is 13.0 Å². The van der Waals surface area contributed by atoms with Gasteiger partial charge in [0.05, 0.1) is 23.2 Å². The highest BCUT2D eigenvalue weighted by molar-refractivity contribution is 9.10. The van der Waals surface area contributed by atoms with E-state index in [9.17, 15) is 13.2 Å². The maximum atomic E-state index is 13.1. The zero-order valence-corrected chi connectivity index (χ0v) is 13.2. The van der Waals surface area contributed by atoms with Gasteiger partial charge in [-0.25, -0.2) is 0 Å². The fourth-order valence-electron chi connectivity index (χ4n) is 1.89. The van der Waals surface area contributed by atoms with Crippen LogP contribution in [0, 0.1) is 11.3 Å². The van der Waals surface area contributed by atoms with E-state index >= 15 is 0 Å². The number of hydrogen-bond donors (Lipinski definition) is 1. The van der Waals surface area contributed by atoms with Crippen molar-refractivity contribution in [3.05, 3.63) is 50.1 Å². The lowest BCUT2D eigenvalue weighted by Crippen LogP contribution is -2.13. The third-order valence-electron chi connectivity index (χ3n) is 2.86. The van der Waals surface area contributed by atoms with Crippen molar-refractivity contribution >= 4 is 33.0 Å². The molecule has 1 heterocycles. The first-order valence-electron chi connectivity index (χ1n) is 5.93. The molecule has 0 saturated heterocycles. The van der Waals surface area contributed by atoms with Gasteiger partial charge in [-0.1, -0.05) is 0 Å². The van der Waals surface area contributed by atoms with Crippen LogP contribution in [0.2, 0.25) is 0 Å². The van der Waals surface area contributed by atoms with Gasteiger partial charge in [0.25, 0.3) is 0 Å². The van der Waals surface area contributed by atoms with Gasteiger partial charge < -0.3 is 5.32 Å². The second-order valence-electron chi connectivity index (χ2n) is 4.37. The predicted octanol–water partition coefficient (Wildman–Crippen LogP) is 5.57. The number of halogens is 4. The smallest absolute Gasteiger partial charge is 0.377 e. The van der Waals surface area contributed by atoms with Gasteiger partial charge in [-0.15, -0.1) is 11.3 Å². The van der Waals surface area contributed by atoms with E-state index in [1.807, 2.05) is 11.4 Å². The highest BCUT2D eigenvalue weighted by atomic mass is 79.9. The Morgan fingerprint density at radius 3 is 2.57 bits per heavy atom. The van der Waals surface area contributed by atoms with Crippen LogP contribution in [0.5, 0.6) is 0 Å². The van der Waals surface area contributed by atoms with Gasteiger partial charge in [0.2, 0.25) is 0 Å². The molecule has 1 N–H and O–H groups in total. The number of hydrogen-bond acceptors (Lipinski definition) is 3. The van der Waals surface area contributed by atoms with Gasteiger partial charge in [0.1, 0.15) is 0 Å². The Balaban J connectivity index is 2.36. The first-order valence-corrected chi connectivity index (χ1v) is 7.61. The summed E-state index contributed by atoms with van der Waals surface area (Å²) in [5.41, 5.74) is -0.881. The Labute approximate surface area is 132 Å². The lowest BCUT2D eigenvalue weighted by Gasteiger charge is -2.19. The molecule has 0 aliphatic heterocycles. The van der Waals surface area contributed by atoms with Crippen LogP contribution in [0.4, 0.5) is 18.9 Å². The normalized spacial score (nSPS) is 12.8. The fraction of sp³-hybridized carbons (Fsp3) is 0.214. The Morgan fingerprint density at radius 2 is 2.05 bits per heavy atom. The number of nitrogens with zero attached hydrogens (tertiary/aromatic N) is 1. The molecule has 0 spiro atoms. The lowest BCUT2D eigenvalue weighted by atomic mass is 10.1. The standard InChI is InChI=1S/C14H10BrF3N2S/c1-8(13-11(15)4-5-21-13)20-12-3-2-9(7-19)6-10(12)14(16,17)18/h2-6,8,20H,1H3. The predicted molar refractivity (Wildman–Crippen MR) is 80.2 cm³/mol. The Bertz CT molecular complexity index is 688. The van der Waals surface area contributed by atoms with Gasteiger partial charge in [-0.05, 0) is 52.5 Å². The SMILES string of the molecule is CC(Nc1ccc(C#N)cc1C(F)(F)F)c1sccc1Br. The van der Waals surface area contributed by atoms with Crippen LogP contribution in [0.15, 0.2) is 34.1 Å². The van der Waals surface area contributed by atoms with E-state index in [0.717, 1.165) is 15.4 Å². The van der Waals surface area contributed by atoms with E-state index in [1.165, 1.54) is 23.5 Å². The summed E-state index contributed by atoms with van der Waals surface area (Å²) < 4.78 is 40.1. The third kappa shape index (κ3) is 3.57. The first kappa shape index (κ1) is 15.9. The fourth-order valence-corrected chi connectivity index (χ4v) is 3.61. The summed E-state index contributed by atoms with van der Waals surface area (Å²) in [5, 5.41) is 13.5. The zero-order chi connectivity index (χ0) is 15.6. The average molecular weight is 375 g/mol. The molecule has 1 aromatic heterocycles. The Hall–Kier alpha value is -1.52. The number of anilines is 1. The molecule has 0 bridgehead atoms. The van der Waals surface area contributed by atoms with Gasteiger partial charge >= 0.3 is 6.18 Å². The Kier molecular flexibility index (Phi) is 4.59. The Morgan fingerprint density at radius 1 is 1.33 bits per heavy atom. The topological polar surface area (TPSA) is 35.8 Å². The molecule has 1 unspecified atom stereocenters. The number of benzene rings is 1. The van der Waals surface area contributed by atoms with E-state index in [2.05, 4.69) is 21.2 Å². The highest BCUT2D eigenvalue weighted by Gasteiger charge is 2.34. The number of alkyl halides is 3. The van der Waals surface area contributed by atoms with Crippen LogP contribution in [0.3, 0.4) is 0 Å². The van der Waals surface area contributed by atoms with Crippen LogP contribution in [-0.2, 0) is 6.18 Å². The minimum Gasteiger partial charge on any atom is -0.377 e. The maximum absolute atomic E-state index is 13.1. The van der Waals surface area contributed by atoms with Gasteiger partial charge in [0, 0.05) is 15.0 Å². The van der Waals surface area contributed by atoms with Crippen molar-refractivity contribution in [2.45, 2.75) is 19.1 Å². The van der Waals surface area contributed by atoms with Crippen molar-refractivity contribution < 1.29 is 13.2 Å². The molecule has 0 saturated carbocycles. The number of nitriles is 1. The lowest BCUT2D eigenvalue weighted by molar-refractivity contribution is -0.137. The van der Waals surface area contributed by atoms with E-state index < -0.39 is 11.7 Å². The van der Waals surface area contributed by atoms with Crippen molar-refractivity contribution in [1.82, 2.24) is 0 Å². The molecular weight excluding hydrogens is 365 g/mol. The van der Waals surface area contributed by atoms with Gasteiger partial charge in [-0.2, -0.15) is 18.4 Å². The van der Waals surface area contributed by atoms with Crippen LogP contribution in [0.1, 0.15) is 29.0 Å². The molecule has 0 fully saturated rings. The molecular formula is C14H10BrF3N2S. The highest BCUT2D eigenvalue weighted by Crippen LogP contribution is 2.38. The van der Waals surface area contributed by atoms with Crippen LogP contribution in [-0.4, -0.2) is 0 Å². The molecule has 1 atom stereocenters. The van der Waals surface area contributed by atoms with Crippen LogP contribution in [0.25, 0.3) is 0 Å². The molecule has 0 amide bonds. The second kappa shape index (κ2) is 6.08. The quantitative estimate of drug-likeness (QED) is 0.761. The first-order chi connectivity index (χ1) is 9.82. The largest absolute Gasteiger partial charge is 0.418 e. The minimum atomic E-state index is -4.51. The monoisotopic (exact) mass is 374 g/mol. The van der Waals surface area contributed by atoms with E-state index in [-0.39, 0.29) is 17.3 Å². The molecule has 2 aromatic rings.